The molecule has 9 nitrogen and oxygen atoms in total. The number of aromatic nitrogens is 3. The zero-order valence-corrected chi connectivity index (χ0v) is 21.6. The number of ether oxygens (including phenoxy) is 2. The molecule has 4 heterocycles. The van der Waals surface area contributed by atoms with Gasteiger partial charge in [-0.05, 0) is 48.4 Å². The number of pyridine rings is 1. The van der Waals surface area contributed by atoms with Gasteiger partial charge in [0.05, 0.1) is 24.6 Å². The van der Waals surface area contributed by atoms with E-state index < -0.39 is 0 Å². The number of anilines is 1. The van der Waals surface area contributed by atoms with Crippen LogP contribution in [0.3, 0.4) is 0 Å². The van der Waals surface area contributed by atoms with Gasteiger partial charge < -0.3 is 24.5 Å². The van der Waals surface area contributed by atoms with E-state index >= 15 is 0 Å². The number of carbonyl (C=O) groups excluding carboxylic acids is 1. The number of furan rings is 1. The monoisotopic (exact) mass is 523 g/mol. The van der Waals surface area contributed by atoms with E-state index in [0.717, 1.165) is 40.6 Å². The van der Waals surface area contributed by atoms with Crippen molar-refractivity contribution in [1.82, 2.24) is 20.1 Å². The molecule has 2 aromatic carbocycles. The number of nitrogens with one attached hydrogen (secondary N) is 2. The first-order valence-corrected chi connectivity index (χ1v) is 13.1. The first kappa shape index (κ1) is 24.5. The third kappa shape index (κ3) is 5.43. The number of hydrogen-bond acceptors (Lipinski definition) is 7. The van der Waals surface area contributed by atoms with E-state index in [1.165, 1.54) is 0 Å². The van der Waals surface area contributed by atoms with E-state index in [4.69, 9.17) is 13.9 Å². The lowest BCUT2D eigenvalue weighted by atomic mass is 10.1. The lowest BCUT2D eigenvalue weighted by molar-refractivity contribution is 0.0789. The van der Waals surface area contributed by atoms with Crippen molar-refractivity contribution in [3.05, 3.63) is 90.6 Å². The molecule has 9 heteroatoms. The highest BCUT2D eigenvalue weighted by Crippen LogP contribution is 2.31. The van der Waals surface area contributed by atoms with Gasteiger partial charge in [0.2, 0.25) is 0 Å². The molecule has 198 valence electrons. The maximum Gasteiger partial charge on any atom is 0.255 e. The molecule has 0 spiro atoms. The van der Waals surface area contributed by atoms with Gasteiger partial charge in [0.25, 0.3) is 5.91 Å². The van der Waals surface area contributed by atoms with Crippen LogP contribution in [0.2, 0.25) is 0 Å². The second-order valence-corrected chi connectivity index (χ2v) is 9.47. The summed E-state index contributed by atoms with van der Waals surface area (Å²) in [6.45, 7) is 4.08. The molecule has 1 aliphatic heterocycles. The Hall–Kier alpha value is -4.79. The molecule has 39 heavy (non-hydrogen) atoms. The first-order chi connectivity index (χ1) is 19.2. The molecule has 3 aromatic heterocycles. The van der Waals surface area contributed by atoms with Crippen molar-refractivity contribution in [3.8, 4) is 22.6 Å². The third-order valence-electron chi connectivity index (χ3n) is 6.59. The molecule has 1 aliphatic rings. The Kier molecular flexibility index (Phi) is 6.86. The Morgan fingerprint density at radius 1 is 1.08 bits per heavy atom. The van der Waals surface area contributed by atoms with Gasteiger partial charge in [-0.25, -0.2) is 4.98 Å². The summed E-state index contributed by atoms with van der Waals surface area (Å²) in [5, 5.41) is 11.8. The zero-order chi connectivity index (χ0) is 26.6. The predicted octanol–water partition coefficient (Wildman–Crippen LogP) is 5.28. The van der Waals surface area contributed by atoms with Gasteiger partial charge in [-0.1, -0.05) is 25.1 Å². The molecule has 0 saturated carbocycles. The van der Waals surface area contributed by atoms with Crippen LogP contribution in [0.1, 0.15) is 29.3 Å². The summed E-state index contributed by atoms with van der Waals surface area (Å²) in [5.41, 5.74) is 4.05. The summed E-state index contributed by atoms with van der Waals surface area (Å²) in [6.07, 6.45) is 7.89. The van der Waals surface area contributed by atoms with E-state index in [1.807, 2.05) is 59.4 Å². The fourth-order valence-electron chi connectivity index (χ4n) is 4.58. The summed E-state index contributed by atoms with van der Waals surface area (Å²) in [6, 6.07) is 17.3. The number of fused-ring (bicyclic) bond motifs is 2. The van der Waals surface area contributed by atoms with E-state index in [1.54, 1.807) is 18.7 Å². The average molecular weight is 524 g/mol. The maximum absolute atomic E-state index is 13.5. The molecule has 1 unspecified atom stereocenters. The summed E-state index contributed by atoms with van der Waals surface area (Å²) in [5.74, 6) is 1.63. The molecule has 6 rings (SSSR count). The third-order valence-corrected chi connectivity index (χ3v) is 6.59. The van der Waals surface area contributed by atoms with Crippen LogP contribution >= 0.6 is 0 Å². The molecule has 0 radical (unpaired) electrons. The molecule has 1 atom stereocenters. The van der Waals surface area contributed by atoms with Gasteiger partial charge in [-0.15, -0.1) is 0 Å². The van der Waals surface area contributed by atoms with Gasteiger partial charge in [0.1, 0.15) is 24.1 Å². The van der Waals surface area contributed by atoms with E-state index in [2.05, 4.69) is 33.7 Å². The van der Waals surface area contributed by atoms with Crippen LogP contribution in [-0.4, -0.2) is 39.9 Å². The first-order valence-electron chi connectivity index (χ1n) is 13.1. The SMILES string of the molecule is CCCn1cc(-c2cnc(NCc3ccc4occc4c3)c(C(=O)NCC3COc4ccccc4O3)c2)cn1. The minimum Gasteiger partial charge on any atom is -0.486 e. The molecule has 0 fully saturated rings. The summed E-state index contributed by atoms with van der Waals surface area (Å²) in [7, 11) is 0. The van der Waals surface area contributed by atoms with E-state index in [-0.39, 0.29) is 12.0 Å². The highest BCUT2D eigenvalue weighted by atomic mass is 16.6. The van der Waals surface area contributed by atoms with Gasteiger partial charge in [0, 0.05) is 42.0 Å². The van der Waals surface area contributed by atoms with Crippen LogP contribution in [0.25, 0.3) is 22.1 Å². The Bertz CT molecular complexity index is 1610. The minimum atomic E-state index is -0.301. The van der Waals surface area contributed by atoms with Crippen molar-refractivity contribution in [1.29, 1.82) is 0 Å². The summed E-state index contributed by atoms with van der Waals surface area (Å²) in [4.78, 5) is 18.1. The van der Waals surface area contributed by atoms with Crippen molar-refractivity contribution in [2.75, 3.05) is 18.5 Å². The van der Waals surface area contributed by atoms with Crippen molar-refractivity contribution in [2.24, 2.45) is 0 Å². The highest BCUT2D eigenvalue weighted by molar-refractivity contribution is 6.00. The van der Waals surface area contributed by atoms with Crippen LogP contribution < -0.4 is 20.1 Å². The fourth-order valence-corrected chi connectivity index (χ4v) is 4.58. The molecular weight excluding hydrogens is 494 g/mol. The number of para-hydroxylation sites is 2. The minimum absolute atomic E-state index is 0.249. The van der Waals surface area contributed by atoms with E-state index in [0.29, 0.717) is 42.6 Å². The van der Waals surface area contributed by atoms with Crippen LogP contribution in [0, 0.1) is 0 Å². The molecule has 5 aromatic rings. The number of carbonyl (C=O) groups is 1. The number of rotatable bonds is 9. The molecule has 0 saturated heterocycles. The van der Waals surface area contributed by atoms with Crippen molar-refractivity contribution < 1.29 is 18.7 Å². The summed E-state index contributed by atoms with van der Waals surface area (Å²) < 4.78 is 19.1. The van der Waals surface area contributed by atoms with Crippen LogP contribution in [0.15, 0.2) is 83.9 Å². The standard InChI is InChI=1S/C30H29N5O4/c1-2-10-35-18-23(16-34-35)22-13-25(30(36)33-17-24-19-38-27-5-3-4-6-28(27)39-24)29(32-15-22)31-14-20-7-8-26-21(12-20)9-11-37-26/h3-9,11-13,15-16,18,24H,2,10,14,17,19H2,1H3,(H,31,32)(H,33,36). The highest BCUT2D eigenvalue weighted by Gasteiger charge is 2.22. The Labute approximate surface area is 225 Å². The number of hydrogen-bond donors (Lipinski definition) is 2. The molecule has 1 amide bonds. The van der Waals surface area contributed by atoms with Crippen LogP contribution in [0.4, 0.5) is 5.82 Å². The van der Waals surface area contributed by atoms with Gasteiger partial charge >= 0.3 is 0 Å². The maximum atomic E-state index is 13.5. The Balaban J connectivity index is 1.21. The van der Waals surface area contributed by atoms with Crippen molar-refractivity contribution in [3.63, 3.8) is 0 Å². The fraction of sp³-hybridized carbons (Fsp3) is 0.233. The van der Waals surface area contributed by atoms with Gasteiger partial charge in [0.15, 0.2) is 11.5 Å². The Morgan fingerprint density at radius 2 is 1.97 bits per heavy atom. The van der Waals surface area contributed by atoms with Crippen LogP contribution in [0.5, 0.6) is 11.5 Å². The smallest absolute Gasteiger partial charge is 0.255 e. The van der Waals surface area contributed by atoms with Crippen molar-refractivity contribution in [2.45, 2.75) is 32.5 Å². The second-order valence-electron chi connectivity index (χ2n) is 9.47. The van der Waals surface area contributed by atoms with E-state index in [9.17, 15) is 4.79 Å². The zero-order valence-electron chi connectivity index (χ0n) is 21.6. The number of amides is 1. The summed E-state index contributed by atoms with van der Waals surface area (Å²) >= 11 is 0. The topological polar surface area (TPSA) is 103 Å². The normalized spacial score (nSPS) is 14.3. The van der Waals surface area contributed by atoms with Crippen LogP contribution in [-0.2, 0) is 13.1 Å². The van der Waals surface area contributed by atoms with Gasteiger partial charge in [-0.2, -0.15) is 5.10 Å². The van der Waals surface area contributed by atoms with Crippen molar-refractivity contribution >= 4 is 22.7 Å². The molecular formula is C30H29N5O4. The molecule has 0 aliphatic carbocycles. The molecule has 0 bridgehead atoms. The average Bonchev–Trinajstić information content (AvgIpc) is 3.64. The number of benzene rings is 2. The van der Waals surface area contributed by atoms with Gasteiger partial charge in [-0.3, -0.25) is 9.48 Å². The Morgan fingerprint density at radius 3 is 2.87 bits per heavy atom. The number of aryl methyl sites for hydroxylation is 1. The predicted molar refractivity (Wildman–Crippen MR) is 148 cm³/mol. The lowest BCUT2D eigenvalue weighted by Crippen LogP contribution is -2.41. The largest absolute Gasteiger partial charge is 0.486 e. The molecule has 2 N–H and O–H groups in total. The lowest BCUT2D eigenvalue weighted by Gasteiger charge is -2.26. The number of nitrogens with zero attached hydrogens (tertiary/aromatic N) is 3. The quantitative estimate of drug-likeness (QED) is 0.271. The second kappa shape index (κ2) is 10.9.